The van der Waals surface area contributed by atoms with E-state index in [4.69, 9.17) is 9.26 Å². The summed E-state index contributed by atoms with van der Waals surface area (Å²) in [5.74, 6) is 1.84. The highest BCUT2D eigenvalue weighted by atomic mass is 16.5. The third-order valence-corrected chi connectivity index (χ3v) is 6.89. The topological polar surface area (TPSA) is 101 Å². The molecule has 1 aromatic carbocycles. The SMILES string of the molecule is COc1ccc(N2CCN(C(=O)CCc3nc(C4(NC(C)=O)CCCCCC4)no3)CC2)cc1. The van der Waals surface area contributed by atoms with Crippen LogP contribution in [-0.4, -0.2) is 60.1 Å². The zero-order valence-corrected chi connectivity index (χ0v) is 20.2. The summed E-state index contributed by atoms with van der Waals surface area (Å²) >= 11 is 0. The van der Waals surface area contributed by atoms with E-state index >= 15 is 0 Å². The highest BCUT2D eigenvalue weighted by Gasteiger charge is 2.38. The molecule has 2 heterocycles. The van der Waals surface area contributed by atoms with Gasteiger partial charge in [-0.1, -0.05) is 30.8 Å². The Morgan fingerprint density at radius 1 is 1.06 bits per heavy atom. The maximum absolute atomic E-state index is 12.8. The maximum Gasteiger partial charge on any atom is 0.227 e. The third-order valence-electron chi connectivity index (χ3n) is 6.89. The number of hydrogen-bond donors (Lipinski definition) is 1. The smallest absolute Gasteiger partial charge is 0.227 e. The normalized spacial score (nSPS) is 18.3. The lowest BCUT2D eigenvalue weighted by molar-refractivity contribution is -0.131. The molecule has 1 N–H and O–H groups in total. The Morgan fingerprint density at radius 3 is 2.35 bits per heavy atom. The van der Waals surface area contributed by atoms with Crippen LogP contribution in [0.4, 0.5) is 5.69 Å². The fourth-order valence-corrected chi connectivity index (χ4v) is 5.00. The second-order valence-electron chi connectivity index (χ2n) is 9.26. The second kappa shape index (κ2) is 10.9. The minimum atomic E-state index is -0.564. The molecule has 9 heteroatoms. The molecule has 0 spiro atoms. The van der Waals surface area contributed by atoms with Crippen molar-refractivity contribution in [3.8, 4) is 5.75 Å². The Bertz CT molecular complexity index is 958. The number of ether oxygens (including phenoxy) is 1. The van der Waals surface area contributed by atoms with E-state index < -0.39 is 5.54 Å². The van der Waals surface area contributed by atoms with E-state index in [1.54, 1.807) is 7.11 Å². The van der Waals surface area contributed by atoms with Crippen molar-refractivity contribution < 1.29 is 18.8 Å². The molecule has 0 unspecified atom stereocenters. The van der Waals surface area contributed by atoms with E-state index in [2.05, 4.69) is 20.4 Å². The molecular weight excluding hydrogens is 434 g/mol. The lowest BCUT2D eigenvalue weighted by Gasteiger charge is -2.36. The van der Waals surface area contributed by atoms with Crippen molar-refractivity contribution in [1.29, 1.82) is 0 Å². The van der Waals surface area contributed by atoms with Crippen LogP contribution >= 0.6 is 0 Å². The molecule has 1 aliphatic carbocycles. The van der Waals surface area contributed by atoms with Crippen molar-refractivity contribution in [3.63, 3.8) is 0 Å². The van der Waals surface area contributed by atoms with Crippen LogP contribution in [0.1, 0.15) is 63.6 Å². The third kappa shape index (κ3) is 5.69. The predicted octanol–water partition coefficient (Wildman–Crippen LogP) is 3.05. The fraction of sp³-hybridized carbons (Fsp3) is 0.600. The van der Waals surface area contributed by atoms with Crippen LogP contribution in [0.5, 0.6) is 5.75 Å². The number of nitrogens with zero attached hydrogens (tertiary/aromatic N) is 4. The van der Waals surface area contributed by atoms with E-state index in [9.17, 15) is 9.59 Å². The number of carbonyl (C=O) groups is 2. The second-order valence-corrected chi connectivity index (χ2v) is 9.26. The van der Waals surface area contributed by atoms with Crippen LogP contribution in [0.25, 0.3) is 0 Å². The van der Waals surface area contributed by atoms with Crippen molar-refractivity contribution in [2.45, 2.75) is 63.8 Å². The van der Waals surface area contributed by atoms with Gasteiger partial charge in [0.2, 0.25) is 17.7 Å². The van der Waals surface area contributed by atoms with Gasteiger partial charge in [0.15, 0.2) is 5.82 Å². The van der Waals surface area contributed by atoms with Gasteiger partial charge in [-0.05, 0) is 37.1 Å². The van der Waals surface area contributed by atoms with Crippen LogP contribution in [0, 0.1) is 0 Å². The molecule has 34 heavy (non-hydrogen) atoms. The van der Waals surface area contributed by atoms with Crippen molar-refractivity contribution in [3.05, 3.63) is 36.0 Å². The molecule has 9 nitrogen and oxygen atoms in total. The molecule has 0 atom stereocenters. The summed E-state index contributed by atoms with van der Waals surface area (Å²) in [5, 5.41) is 7.31. The summed E-state index contributed by atoms with van der Waals surface area (Å²) in [5.41, 5.74) is 0.573. The molecule has 2 amide bonds. The molecular formula is C25H35N5O4. The van der Waals surface area contributed by atoms with Crippen molar-refractivity contribution in [1.82, 2.24) is 20.4 Å². The standard InChI is InChI=1S/C25H35N5O4/c1-19(31)27-25(13-5-3-4-6-14-25)24-26-22(34-28-24)11-12-23(32)30-17-15-29(16-18-30)20-7-9-21(33-2)10-8-20/h7-10H,3-6,11-18H2,1-2H3,(H,27,31). The number of rotatable bonds is 7. The lowest BCUT2D eigenvalue weighted by atomic mass is 9.89. The van der Waals surface area contributed by atoms with Gasteiger partial charge in [0.05, 0.1) is 7.11 Å². The van der Waals surface area contributed by atoms with Crippen LogP contribution < -0.4 is 15.0 Å². The Balaban J connectivity index is 1.30. The number of aromatic nitrogens is 2. The van der Waals surface area contributed by atoms with Crippen LogP contribution in [0.3, 0.4) is 0 Å². The van der Waals surface area contributed by atoms with Crippen LogP contribution in [-0.2, 0) is 21.5 Å². The van der Waals surface area contributed by atoms with Crippen molar-refractivity contribution >= 4 is 17.5 Å². The largest absolute Gasteiger partial charge is 0.497 e. The van der Waals surface area contributed by atoms with Crippen molar-refractivity contribution in [2.24, 2.45) is 0 Å². The summed E-state index contributed by atoms with van der Waals surface area (Å²) in [4.78, 5) is 33.5. The predicted molar refractivity (Wildman–Crippen MR) is 128 cm³/mol. The number of hydrogen-bond acceptors (Lipinski definition) is 7. The molecule has 1 aromatic heterocycles. The van der Waals surface area contributed by atoms with E-state index in [1.165, 1.54) is 6.92 Å². The summed E-state index contributed by atoms with van der Waals surface area (Å²) in [6, 6.07) is 8.00. The Hall–Kier alpha value is -3.10. The molecule has 1 saturated carbocycles. The number of anilines is 1. The monoisotopic (exact) mass is 469 g/mol. The Kier molecular flexibility index (Phi) is 7.70. The maximum atomic E-state index is 12.8. The number of benzene rings is 1. The highest BCUT2D eigenvalue weighted by Crippen LogP contribution is 2.34. The highest BCUT2D eigenvalue weighted by molar-refractivity contribution is 5.76. The van der Waals surface area contributed by atoms with Gasteiger partial charge in [-0.25, -0.2) is 0 Å². The molecule has 4 rings (SSSR count). The molecule has 1 saturated heterocycles. The van der Waals surface area contributed by atoms with Crippen LogP contribution in [0.15, 0.2) is 28.8 Å². The first-order valence-electron chi connectivity index (χ1n) is 12.3. The quantitative estimate of drug-likeness (QED) is 0.622. The van der Waals surface area contributed by atoms with E-state index in [0.717, 1.165) is 63.1 Å². The summed E-state index contributed by atoms with van der Waals surface area (Å²) in [7, 11) is 1.66. The van der Waals surface area contributed by atoms with Crippen LogP contribution in [0.2, 0.25) is 0 Å². The van der Waals surface area contributed by atoms with E-state index in [0.29, 0.717) is 37.6 Å². The molecule has 0 bridgehead atoms. The zero-order valence-electron chi connectivity index (χ0n) is 20.2. The molecule has 2 fully saturated rings. The van der Waals surface area contributed by atoms with Gasteiger partial charge in [-0.3, -0.25) is 9.59 Å². The molecule has 184 valence electrons. The lowest BCUT2D eigenvalue weighted by Crippen LogP contribution is -2.48. The van der Waals surface area contributed by atoms with Gasteiger partial charge in [0.1, 0.15) is 11.3 Å². The summed E-state index contributed by atoms with van der Waals surface area (Å²) in [6.07, 6.45) is 6.68. The number of piperazine rings is 1. The van der Waals surface area contributed by atoms with E-state index in [1.807, 2.05) is 29.2 Å². The number of nitrogens with one attached hydrogen (secondary N) is 1. The van der Waals surface area contributed by atoms with Gasteiger partial charge >= 0.3 is 0 Å². The zero-order chi connectivity index (χ0) is 24.0. The number of methoxy groups -OCH3 is 1. The molecule has 2 aliphatic rings. The Morgan fingerprint density at radius 2 is 1.74 bits per heavy atom. The fourth-order valence-electron chi connectivity index (χ4n) is 5.00. The average molecular weight is 470 g/mol. The Labute approximate surface area is 200 Å². The van der Waals surface area contributed by atoms with Gasteiger partial charge in [-0.15, -0.1) is 0 Å². The minimum Gasteiger partial charge on any atom is -0.497 e. The minimum absolute atomic E-state index is 0.0859. The molecule has 2 aromatic rings. The van der Waals surface area contributed by atoms with Gasteiger partial charge in [0.25, 0.3) is 0 Å². The van der Waals surface area contributed by atoms with Crippen molar-refractivity contribution in [2.75, 3.05) is 38.2 Å². The summed E-state index contributed by atoms with van der Waals surface area (Å²) < 4.78 is 10.7. The number of carbonyl (C=O) groups excluding carboxylic acids is 2. The van der Waals surface area contributed by atoms with Gasteiger partial charge < -0.3 is 24.4 Å². The molecule has 1 aliphatic heterocycles. The number of aryl methyl sites for hydroxylation is 1. The average Bonchev–Trinajstić information content (AvgIpc) is 3.22. The molecule has 0 radical (unpaired) electrons. The summed E-state index contributed by atoms with van der Waals surface area (Å²) in [6.45, 7) is 4.49. The van der Waals surface area contributed by atoms with Gasteiger partial charge in [-0.2, -0.15) is 4.98 Å². The first-order valence-corrected chi connectivity index (χ1v) is 12.3. The first kappa shape index (κ1) is 24.0. The van der Waals surface area contributed by atoms with Gasteiger partial charge in [0, 0.05) is 51.6 Å². The van der Waals surface area contributed by atoms with E-state index in [-0.39, 0.29) is 11.8 Å². The first-order chi connectivity index (χ1) is 16.5. The number of amides is 2.